The molecule has 0 saturated carbocycles. The van der Waals surface area contributed by atoms with Gasteiger partial charge >= 0.3 is 6.09 Å². The summed E-state index contributed by atoms with van der Waals surface area (Å²) in [5.74, 6) is 0.391. The third-order valence-electron chi connectivity index (χ3n) is 3.37. The smallest absolute Gasteiger partial charge is 0.407 e. The first-order valence-electron chi connectivity index (χ1n) is 8.94. The number of carbonyl (C=O) groups excluding carboxylic acids is 1. The zero-order chi connectivity index (χ0) is 20.4. The maximum atomic E-state index is 13.8. The van der Waals surface area contributed by atoms with Crippen molar-refractivity contribution in [3.05, 3.63) is 35.1 Å². The van der Waals surface area contributed by atoms with Crippen molar-refractivity contribution in [3.63, 3.8) is 0 Å². The highest BCUT2D eigenvalue weighted by atomic mass is 127. The van der Waals surface area contributed by atoms with Crippen LogP contribution in [0, 0.1) is 5.82 Å². The van der Waals surface area contributed by atoms with Crippen molar-refractivity contribution in [1.82, 2.24) is 20.9 Å². The number of nitrogens with zero attached hydrogens (tertiary/aromatic N) is 2. The van der Waals surface area contributed by atoms with Crippen molar-refractivity contribution in [2.75, 3.05) is 34.2 Å². The lowest BCUT2D eigenvalue weighted by atomic mass is 10.1. The number of hydrogen-bond donors (Lipinski definition) is 3. The van der Waals surface area contributed by atoms with Crippen LogP contribution in [0.2, 0.25) is 0 Å². The molecule has 1 aromatic rings. The van der Waals surface area contributed by atoms with Gasteiger partial charge in [-0.1, -0.05) is 6.07 Å². The molecular formula is C19H33FIN5O2. The van der Waals surface area contributed by atoms with Crippen molar-refractivity contribution in [1.29, 1.82) is 0 Å². The van der Waals surface area contributed by atoms with Gasteiger partial charge in [0, 0.05) is 38.8 Å². The van der Waals surface area contributed by atoms with Crippen molar-refractivity contribution in [2.24, 2.45) is 4.99 Å². The average Bonchev–Trinajstić information content (AvgIpc) is 2.54. The molecule has 160 valence electrons. The summed E-state index contributed by atoms with van der Waals surface area (Å²) in [4.78, 5) is 17.6. The number of ether oxygens (including phenoxy) is 1. The van der Waals surface area contributed by atoms with Crippen LogP contribution in [0.5, 0.6) is 0 Å². The quantitative estimate of drug-likeness (QED) is 0.228. The molecule has 0 aliphatic rings. The molecule has 0 heterocycles. The number of aliphatic imine (C=N–C) groups is 1. The first kappa shape index (κ1) is 26.4. The van der Waals surface area contributed by atoms with E-state index in [2.05, 4.69) is 20.9 Å². The summed E-state index contributed by atoms with van der Waals surface area (Å²) in [7, 11) is 5.47. The van der Waals surface area contributed by atoms with Crippen molar-refractivity contribution in [3.8, 4) is 0 Å². The summed E-state index contributed by atoms with van der Waals surface area (Å²) in [6.07, 6.45) is -0.452. The summed E-state index contributed by atoms with van der Waals surface area (Å²) >= 11 is 0. The number of guanidine groups is 1. The van der Waals surface area contributed by atoms with Gasteiger partial charge in [0.15, 0.2) is 5.96 Å². The first-order chi connectivity index (χ1) is 12.6. The Labute approximate surface area is 184 Å². The lowest BCUT2D eigenvalue weighted by molar-refractivity contribution is 0.0529. The predicted molar refractivity (Wildman–Crippen MR) is 122 cm³/mol. The Morgan fingerprint density at radius 3 is 2.39 bits per heavy atom. The van der Waals surface area contributed by atoms with Crippen LogP contribution in [0.3, 0.4) is 0 Å². The van der Waals surface area contributed by atoms with Crippen molar-refractivity contribution >= 4 is 36.0 Å². The molecule has 0 bridgehead atoms. The van der Waals surface area contributed by atoms with Crippen LogP contribution in [-0.2, 0) is 17.8 Å². The fraction of sp³-hybridized carbons (Fsp3) is 0.579. The van der Waals surface area contributed by atoms with E-state index in [1.807, 2.05) is 45.8 Å². The van der Waals surface area contributed by atoms with Crippen LogP contribution >= 0.6 is 24.0 Å². The minimum absolute atomic E-state index is 0. The molecular weight excluding hydrogens is 476 g/mol. The van der Waals surface area contributed by atoms with Crippen LogP contribution in [0.15, 0.2) is 23.2 Å². The lowest BCUT2D eigenvalue weighted by Gasteiger charge is -2.20. The van der Waals surface area contributed by atoms with Crippen molar-refractivity contribution in [2.45, 2.75) is 39.5 Å². The van der Waals surface area contributed by atoms with Gasteiger partial charge in [0.05, 0.1) is 0 Å². The molecule has 28 heavy (non-hydrogen) atoms. The molecule has 0 fully saturated rings. The molecule has 0 aromatic heterocycles. The predicted octanol–water partition coefficient (Wildman–Crippen LogP) is 2.70. The van der Waals surface area contributed by atoms with E-state index in [0.29, 0.717) is 37.7 Å². The molecule has 0 unspecified atom stereocenters. The minimum atomic E-state index is -0.518. The summed E-state index contributed by atoms with van der Waals surface area (Å²) in [6.45, 7) is 7.40. The Morgan fingerprint density at radius 2 is 1.82 bits per heavy atom. The van der Waals surface area contributed by atoms with E-state index in [4.69, 9.17) is 4.74 Å². The molecule has 7 nitrogen and oxygen atoms in total. The van der Waals surface area contributed by atoms with Gasteiger partial charge in [-0.2, -0.15) is 0 Å². The second-order valence-electron chi connectivity index (χ2n) is 7.44. The minimum Gasteiger partial charge on any atom is -0.444 e. The number of carbonyl (C=O) groups is 1. The topological polar surface area (TPSA) is 78.0 Å². The molecule has 0 radical (unpaired) electrons. The number of amides is 1. The Bertz CT molecular complexity index is 648. The van der Waals surface area contributed by atoms with Gasteiger partial charge in [-0.15, -0.1) is 24.0 Å². The number of benzene rings is 1. The van der Waals surface area contributed by atoms with Gasteiger partial charge in [-0.25, -0.2) is 9.18 Å². The van der Waals surface area contributed by atoms with Crippen LogP contribution in [0.1, 0.15) is 31.9 Å². The second-order valence-corrected chi connectivity index (χ2v) is 7.44. The van der Waals surface area contributed by atoms with E-state index in [1.54, 1.807) is 13.1 Å². The Balaban J connectivity index is 0.00000729. The molecule has 9 heteroatoms. The van der Waals surface area contributed by atoms with Gasteiger partial charge in [-0.3, -0.25) is 4.99 Å². The van der Waals surface area contributed by atoms with Crippen molar-refractivity contribution < 1.29 is 13.9 Å². The standard InChI is InChI=1S/C19H32FN5O2.HI/c1-19(2,3)27-18(26)23-10-9-22-17(21-4)24-12-14-7-8-16(20)15(11-14)13-25(5)6;/h7-8,11H,9-10,12-13H2,1-6H3,(H,23,26)(H2,21,22,24);1H. The third kappa shape index (κ3) is 11.3. The summed E-state index contributed by atoms with van der Waals surface area (Å²) < 4.78 is 19.0. The zero-order valence-corrected chi connectivity index (χ0v) is 19.9. The molecule has 0 aliphatic carbocycles. The van der Waals surface area contributed by atoms with Crippen LogP contribution in [0.4, 0.5) is 9.18 Å². The molecule has 0 saturated heterocycles. The van der Waals surface area contributed by atoms with Crippen LogP contribution in [-0.4, -0.2) is 56.8 Å². The van der Waals surface area contributed by atoms with E-state index in [-0.39, 0.29) is 29.8 Å². The lowest BCUT2D eigenvalue weighted by Crippen LogP contribution is -2.42. The van der Waals surface area contributed by atoms with E-state index < -0.39 is 11.7 Å². The molecule has 0 spiro atoms. The largest absolute Gasteiger partial charge is 0.444 e. The van der Waals surface area contributed by atoms with Gasteiger partial charge in [0.1, 0.15) is 11.4 Å². The number of hydrogen-bond acceptors (Lipinski definition) is 4. The van der Waals surface area contributed by atoms with Gasteiger partial charge in [0.25, 0.3) is 0 Å². The third-order valence-corrected chi connectivity index (χ3v) is 3.37. The highest BCUT2D eigenvalue weighted by Gasteiger charge is 2.15. The molecule has 1 aromatic carbocycles. The van der Waals surface area contributed by atoms with Gasteiger partial charge in [-0.05, 0) is 52.6 Å². The Morgan fingerprint density at radius 1 is 1.18 bits per heavy atom. The summed E-state index contributed by atoms with van der Waals surface area (Å²) in [6, 6.07) is 5.08. The molecule has 0 aliphatic heterocycles. The van der Waals surface area contributed by atoms with E-state index in [0.717, 1.165) is 5.56 Å². The average molecular weight is 509 g/mol. The number of halogens is 2. The Kier molecular flexibility index (Phi) is 12.0. The highest BCUT2D eigenvalue weighted by Crippen LogP contribution is 2.12. The van der Waals surface area contributed by atoms with E-state index in [9.17, 15) is 9.18 Å². The summed E-state index contributed by atoms with van der Waals surface area (Å²) in [5.41, 5.74) is 1.10. The fourth-order valence-electron chi connectivity index (χ4n) is 2.27. The summed E-state index contributed by atoms with van der Waals surface area (Å²) in [5, 5.41) is 8.94. The number of alkyl carbamates (subject to hydrolysis) is 1. The van der Waals surface area contributed by atoms with Crippen LogP contribution in [0.25, 0.3) is 0 Å². The second kappa shape index (κ2) is 12.8. The van der Waals surface area contributed by atoms with Gasteiger partial charge in [0.2, 0.25) is 0 Å². The van der Waals surface area contributed by atoms with E-state index in [1.165, 1.54) is 6.07 Å². The molecule has 1 amide bonds. The van der Waals surface area contributed by atoms with Gasteiger partial charge < -0.3 is 25.6 Å². The zero-order valence-electron chi connectivity index (χ0n) is 17.6. The SMILES string of the molecule is CN=C(NCCNC(=O)OC(C)(C)C)NCc1ccc(F)c(CN(C)C)c1.I. The number of nitrogens with one attached hydrogen (secondary N) is 3. The molecule has 3 N–H and O–H groups in total. The maximum absolute atomic E-state index is 13.8. The molecule has 0 atom stereocenters. The first-order valence-corrected chi connectivity index (χ1v) is 8.94. The highest BCUT2D eigenvalue weighted by molar-refractivity contribution is 14.0. The fourth-order valence-corrected chi connectivity index (χ4v) is 2.27. The molecule has 1 rings (SSSR count). The maximum Gasteiger partial charge on any atom is 0.407 e. The van der Waals surface area contributed by atoms with Crippen LogP contribution < -0.4 is 16.0 Å². The van der Waals surface area contributed by atoms with E-state index >= 15 is 0 Å². The Hall–Kier alpha value is -1.62. The normalized spacial score (nSPS) is 11.6. The monoisotopic (exact) mass is 509 g/mol. The number of rotatable bonds is 7.